The van der Waals surface area contributed by atoms with E-state index in [9.17, 15) is 9.59 Å². The van der Waals surface area contributed by atoms with Gasteiger partial charge in [-0.25, -0.2) is 4.79 Å². The van der Waals surface area contributed by atoms with E-state index in [2.05, 4.69) is 10.6 Å². The third-order valence-electron chi connectivity index (χ3n) is 2.70. The molecule has 5 nitrogen and oxygen atoms in total. The van der Waals surface area contributed by atoms with Crippen molar-refractivity contribution in [2.24, 2.45) is 5.41 Å². The van der Waals surface area contributed by atoms with Crippen molar-refractivity contribution in [3.8, 4) is 0 Å². The molecule has 0 aromatic heterocycles. The molecule has 1 atom stereocenters. The monoisotopic (exact) mass is 312 g/mol. The predicted octanol–water partition coefficient (Wildman–Crippen LogP) is 3.74. The molecule has 21 heavy (non-hydrogen) atoms. The maximum absolute atomic E-state index is 11.9. The molecule has 0 saturated heterocycles. The fraction of sp³-hybridized carbons (Fsp3) is 0.467. The van der Waals surface area contributed by atoms with Crippen LogP contribution in [-0.2, 0) is 4.79 Å². The van der Waals surface area contributed by atoms with Gasteiger partial charge in [0.2, 0.25) is 0 Å². The van der Waals surface area contributed by atoms with Crippen molar-refractivity contribution in [1.29, 1.82) is 0 Å². The van der Waals surface area contributed by atoms with Gasteiger partial charge in [0, 0.05) is 16.8 Å². The van der Waals surface area contributed by atoms with Gasteiger partial charge >= 0.3 is 12.0 Å². The quantitative estimate of drug-likeness (QED) is 0.775. The lowest BCUT2D eigenvalue weighted by atomic mass is 9.87. The zero-order valence-electron chi connectivity index (χ0n) is 12.4. The number of urea groups is 1. The minimum atomic E-state index is -0.938. The van der Waals surface area contributed by atoms with E-state index in [4.69, 9.17) is 16.7 Å². The molecule has 1 unspecified atom stereocenters. The number of carboxylic acid groups (broad SMARTS) is 1. The first kappa shape index (κ1) is 17.3. The van der Waals surface area contributed by atoms with E-state index in [0.717, 1.165) is 0 Å². The fourth-order valence-electron chi connectivity index (χ4n) is 2.04. The first-order valence-electron chi connectivity index (χ1n) is 6.70. The van der Waals surface area contributed by atoms with Gasteiger partial charge in [0.05, 0.1) is 6.42 Å². The van der Waals surface area contributed by atoms with Gasteiger partial charge in [-0.05, 0) is 30.0 Å². The van der Waals surface area contributed by atoms with Crippen LogP contribution in [0.25, 0.3) is 0 Å². The number of anilines is 1. The highest BCUT2D eigenvalue weighted by molar-refractivity contribution is 6.30. The van der Waals surface area contributed by atoms with Crippen LogP contribution in [-0.4, -0.2) is 23.1 Å². The molecule has 0 aliphatic carbocycles. The highest BCUT2D eigenvalue weighted by Gasteiger charge is 2.22. The molecular formula is C15H21ClN2O3. The first-order valence-corrected chi connectivity index (χ1v) is 7.08. The number of hydrogen-bond acceptors (Lipinski definition) is 2. The van der Waals surface area contributed by atoms with Gasteiger partial charge in [0.25, 0.3) is 0 Å². The number of aliphatic carboxylic acids is 1. The van der Waals surface area contributed by atoms with Crippen molar-refractivity contribution in [3.05, 3.63) is 29.3 Å². The Balaban J connectivity index is 2.65. The first-order chi connectivity index (χ1) is 9.65. The fourth-order valence-corrected chi connectivity index (χ4v) is 2.23. The lowest BCUT2D eigenvalue weighted by Crippen LogP contribution is -2.41. The highest BCUT2D eigenvalue weighted by atomic mass is 35.5. The van der Waals surface area contributed by atoms with Crippen LogP contribution < -0.4 is 10.6 Å². The van der Waals surface area contributed by atoms with E-state index >= 15 is 0 Å². The largest absolute Gasteiger partial charge is 0.481 e. The molecule has 0 aliphatic rings. The topological polar surface area (TPSA) is 78.4 Å². The maximum Gasteiger partial charge on any atom is 0.319 e. The van der Waals surface area contributed by atoms with Gasteiger partial charge in [-0.15, -0.1) is 0 Å². The van der Waals surface area contributed by atoms with Gasteiger partial charge in [0.15, 0.2) is 0 Å². The zero-order chi connectivity index (χ0) is 16.0. The summed E-state index contributed by atoms with van der Waals surface area (Å²) in [6.07, 6.45) is 0.461. The second kappa shape index (κ2) is 7.31. The van der Waals surface area contributed by atoms with Crippen molar-refractivity contribution in [3.63, 3.8) is 0 Å². The Morgan fingerprint density at radius 2 is 2.00 bits per heavy atom. The SMILES string of the molecule is CC(C)(C)CC(CC(=O)O)NC(=O)Nc1cccc(Cl)c1. The van der Waals surface area contributed by atoms with E-state index in [1.807, 2.05) is 20.8 Å². The van der Waals surface area contributed by atoms with E-state index in [1.165, 1.54) is 0 Å². The minimum absolute atomic E-state index is 0.0799. The Morgan fingerprint density at radius 1 is 1.33 bits per heavy atom. The maximum atomic E-state index is 11.9. The number of carboxylic acids is 1. The van der Waals surface area contributed by atoms with E-state index in [1.54, 1.807) is 24.3 Å². The molecule has 0 bridgehead atoms. The molecule has 1 aromatic rings. The Hall–Kier alpha value is -1.75. The average molecular weight is 313 g/mol. The van der Waals surface area contributed by atoms with Gasteiger partial charge in [0.1, 0.15) is 0 Å². The molecule has 116 valence electrons. The summed E-state index contributed by atoms with van der Waals surface area (Å²) in [5.74, 6) is -0.938. The summed E-state index contributed by atoms with van der Waals surface area (Å²) in [5.41, 5.74) is 0.480. The number of carbonyl (C=O) groups is 2. The van der Waals surface area contributed by atoms with Gasteiger partial charge in [-0.3, -0.25) is 4.79 Å². The summed E-state index contributed by atoms with van der Waals surface area (Å²) in [5, 5.41) is 14.8. The Bertz CT molecular complexity index is 512. The molecule has 1 rings (SSSR count). The van der Waals surface area contributed by atoms with Crippen LogP contribution in [0.4, 0.5) is 10.5 Å². The Labute approximate surface area is 129 Å². The number of carbonyl (C=O) groups excluding carboxylic acids is 1. The molecule has 2 amide bonds. The predicted molar refractivity (Wildman–Crippen MR) is 83.7 cm³/mol. The van der Waals surface area contributed by atoms with Crippen molar-refractivity contribution in [2.75, 3.05) is 5.32 Å². The Morgan fingerprint density at radius 3 is 2.52 bits per heavy atom. The number of nitrogens with one attached hydrogen (secondary N) is 2. The van der Waals surface area contributed by atoms with Crippen molar-refractivity contribution in [1.82, 2.24) is 5.32 Å². The minimum Gasteiger partial charge on any atom is -0.481 e. The van der Waals surface area contributed by atoms with E-state index in [0.29, 0.717) is 17.1 Å². The van der Waals surface area contributed by atoms with Gasteiger partial charge in [-0.2, -0.15) is 0 Å². The van der Waals surface area contributed by atoms with Crippen LogP contribution in [0.1, 0.15) is 33.6 Å². The summed E-state index contributed by atoms with van der Waals surface area (Å²) in [7, 11) is 0. The second-order valence-corrected chi connectivity index (χ2v) is 6.60. The van der Waals surface area contributed by atoms with Crippen LogP contribution in [0.3, 0.4) is 0 Å². The summed E-state index contributed by atoms with van der Waals surface area (Å²) in [6, 6.07) is 5.90. The van der Waals surface area contributed by atoms with Crippen molar-refractivity contribution in [2.45, 2.75) is 39.7 Å². The molecule has 0 saturated carbocycles. The number of hydrogen-bond donors (Lipinski definition) is 3. The zero-order valence-corrected chi connectivity index (χ0v) is 13.2. The number of halogens is 1. The van der Waals surface area contributed by atoms with E-state index in [-0.39, 0.29) is 11.8 Å². The smallest absolute Gasteiger partial charge is 0.319 e. The molecule has 0 spiro atoms. The van der Waals surface area contributed by atoms with Crippen LogP contribution in [0.15, 0.2) is 24.3 Å². The number of benzene rings is 1. The lowest BCUT2D eigenvalue weighted by molar-refractivity contribution is -0.137. The lowest BCUT2D eigenvalue weighted by Gasteiger charge is -2.25. The number of rotatable bonds is 5. The van der Waals surface area contributed by atoms with Crippen LogP contribution in [0.5, 0.6) is 0 Å². The normalized spacial score (nSPS) is 12.6. The second-order valence-electron chi connectivity index (χ2n) is 6.17. The molecule has 0 fully saturated rings. The molecule has 0 aliphatic heterocycles. The summed E-state index contributed by atoms with van der Waals surface area (Å²) >= 11 is 5.84. The summed E-state index contributed by atoms with van der Waals surface area (Å²) in [4.78, 5) is 22.8. The third kappa shape index (κ3) is 7.56. The Kier molecular flexibility index (Phi) is 6.03. The molecule has 3 N–H and O–H groups in total. The summed E-state index contributed by atoms with van der Waals surface area (Å²) in [6.45, 7) is 6.00. The third-order valence-corrected chi connectivity index (χ3v) is 2.93. The molecule has 0 heterocycles. The molecule has 0 radical (unpaired) electrons. The number of amides is 2. The van der Waals surface area contributed by atoms with Crippen LogP contribution in [0, 0.1) is 5.41 Å². The highest BCUT2D eigenvalue weighted by Crippen LogP contribution is 2.22. The van der Waals surface area contributed by atoms with Gasteiger partial charge < -0.3 is 15.7 Å². The van der Waals surface area contributed by atoms with Crippen LogP contribution in [0.2, 0.25) is 5.02 Å². The van der Waals surface area contributed by atoms with E-state index < -0.39 is 18.0 Å². The molecule has 6 heteroatoms. The van der Waals surface area contributed by atoms with Crippen molar-refractivity contribution >= 4 is 29.3 Å². The van der Waals surface area contributed by atoms with Crippen molar-refractivity contribution < 1.29 is 14.7 Å². The van der Waals surface area contributed by atoms with Gasteiger partial charge in [-0.1, -0.05) is 38.4 Å². The standard InChI is InChI=1S/C15H21ClN2O3/c1-15(2,3)9-12(8-13(19)20)18-14(21)17-11-6-4-5-10(16)7-11/h4-7,12H,8-9H2,1-3H3,(H,19,20)(H2,17,18,21). The summed E-state index contributed by atoms with van der Waals surface area (Å²) < 4.78 is 0. The molecular weight excluding hydrogens is 292 g/mol. The molecule has 1 aromatic carbocycles. The van der Waals surface area contributed by atoms with Crippen LogP contribution >= 0.6 is 11.6 Å². The average Bonchev–Trinajstić information content (AvgIpc) is 2.24.